The Kier molecular flexibility index (Phi) is 4.63. The molecule has 0 saturated carbocycles. The third kappa shape index (κ3) is 3.86. The van der Waals surface area contributed by atoms with Crippen molar-refractivity contribution in [2.45, 2.75) is 19.3 Å². The SMILES string of the molecule is O=[N+]([O-])c1ccc(C=CC(=S)N2CCCCC2)cc1. The van der Waals surface area contributed by atoms with E-state index in [4.69, 9.17) is 12.2 Å². The summed E-state index contributed by atoms with van der Waals surface area (Å²) < 4.78 is 0. The molecule has 2 rings (SSSR count). The van der Waals surface area contributed by atoms with Crippen LogP contribution in [-0.4, -0.2) is 27.9 Å². The van der Waals surface area contributed by atoms with Crippen LogP contribution in [0.1, 0.15) is 24.8 Å². The minimum Gasteiger partial charge on any atom is -0.363 e. The fourth-order valence-electron chi connectivity index (χ4n) is 2.09. The highest BCUT2D eigenvalue weighted by atomic mass is 32.1. The van der Waals surface area contributed by atoms with E-state index in [0.29, 0.717) is 0 Å². The molecule has 0 bridgehead atoms. The molecule has 100 valence electrons. The molecule has 0 aliphatic carbocycles. The Morgan fingerprint density at radius 3 is 2.42 bits per heavy atom. The summed E-state index contributed by atoms with van der Waals surface area (Å²) in [5.41, 5.74) is 1.03. The van der Waals surface area contributed by atoms with Gasteiger partial charge in [0.1, 0.15) is 4.99 Å². The van der Waals surface area contributed by atoms with Gasteiger partial charge in [-0.1, -0.05) is 18.3 Å². The first-order valence-electron chi connectivity index (χ1n) is 6.38. The van der Waals surface area contributed by atoms with E-state index in [1.807, 2.05) is 12.2 Å². The van der Waals surface area contributed by atoms with Crippen LogP contribution in [0.2, 0.25) is 0 Å². The Labute approximate surface area is 117 Å². The molecule has 1 aliphatic heterocycles. The molecule has 0 N–H and O–H groups in total. The van der Waals surface area contributed by atoms with E-state index in [-0.39, 0.29) is 5.69 Å². The number of thiocarbonyl (C=S) groups is 1. The predicted octanol–water partition coefficient (Wildman–Crippen LogP) is 3.42. The third-order valence-electron chi connectivity index (χ3n) is 3.19. The second-order valence-corrected chi connectivity index (χ2v) is 4.99. The van der Waals surface area contributed by atoms with Crippen molar-refractivity contribution in [3.05, 3.63) is 46.0 Å². The van der Waals surface area contributed by atoms with Gasteiger partial charge >= 0.3 is 0 Å². The van der Waals surface area contributed by atoms with Gasteiger partial charge in [0.2, 0.25) is 0 Å². The summed E-state index contributed by atoms with van der Waals surface area (Å²) in [4.78, 5) is 13.2. The van der Waals surface area contributed by atoms with Crippen LogP contribution < -0.4 is 0 Å². The zero-order chi connectivity index (χ0) is 13.7. The summed E-state index contributed by atoms with van der Waals surface area (Å²) in [5, 5.41) is 10.5. The van der Waals surface area contributed by atoms with Crippen molar-refractivity contribution in [1.82, 2.24) is 4.90 Å². The summed E-state index contributed by atoms with van der Waals surface area (Å²) in [6.07, 6.45) is 7.49. The van der Waals surface area contributed by atoms with Crippen LogP contribution >= 0.6 is 12.2 Å². The number of nitrogens with zero attached hydrogens (tertiary/aromatic N) is 2. The maximum absolute atomic E-state index is 10.5. The normalized spacial score (nSPS) is 15.7. The van der Waals surface area contributed by atoms with Gasteiger partial charge in [-0.15, -0.1) is 0 Å². The summed E-state index contributed by atoms with van der Waals surface area (Å²) in [6, 6.07) is 6.47. The standard InChI is InChI=1S/C14H16N2O2S/c17-16(18)13-7-4-12(5-8-13)6-9-14(19)15-10-2-1-3-11-15/h4-9H,1-3,10-11H2. The summed E-state index contributed by atoms with van der Waals surface area (Å²) in [6.45, 7) is 2.06. The molecule has 1 aromatic rings. The Morgan fingerprint density at radius 1 is 1.21 bits per heavy atom. The van der Waals surface area contributed by atoms with Crippen molar-refractivity contribution >= 4 is 29.0 Å². The first-order valence-corrected chi connectivity index (χ1v) is 6.79. The van der Waals surface area contributed by atoms with Gasteiger partial charge in [0.15, 0.2) is 0 Å². The minimum absolute atomic E-state index is 0.107. The number of rotatable bonds is 3. The number of likely N-dealkylation sites (tertiary alicyclic amines) is 1. The summed E-state index contributed by atoms with van der Waals surface area (Å²) in [5.74, 6) is 0. The number of non-ortho nitro benzene ring substituents is 1. The van der Waals surface area contributed by atoms with Gasteiger partial charge in [0, 0.05) is 25.2 Å². The Morgan fingerprint density at radius 2 is 1.84 bits per heavy atom. The van der Waals surface area contributed by atoms with Crippen molar-refractivity contribution in [3.63, 3.8) is 0 Å². The number of benzene rings is 1. The van der Waals surface area contributed by atoms with Crippen LogP contribution in [-0.2, 0) is 0 Å². The van der Waals surface area contributed by atoms with Crippen LogP contribution in [0.15, 0.2) is 30.3 Å². The number of piperidine rings is 1. The molecular weight excluding hydrogens is 260 g/mol. The van der Waals surface area contributed by atoms with Crippen molar-refractivity contribution in [1.29, 1.82) is 0 Å². The Bertz CT molecular complexity index is 491. The smallest absolute Gasteiger partial charge is 0.269 e. The zero-order valence-corrected chi connectivity index (χ0v) is 11.4. The molecule has 0 atom stereocenters. The van der Waals surface area contributed by atoms with E-state index < -0.39 is 4.92 Å². The first-order chi connectivity index (χ1) is 9.16. The molecule has 1 saturated heterocycles. The molecule has 1 aromatic carbocycles. The fourth-order valence-corrected chi connectivity index (χ4v) is 2.34. The highest BCUT2D eigenvalue weighted by Gasteiger charge is 2.10. The molecule has 19 heavy (non-hydrogen) atoms. The van der Waals surface area contributed by atoms with Crippen LogP contribution in [0.3, 0.4) is 0 Å². The van der Waals surface area contributed by atoms with Crippen LogP contribution in [0.4, 0.5) is 5.69 Å². The molecule has 0 aromatic heterocycles. The molecular formula is C14H16N2O2S. The second-order valence-electron chi connectivity index (χ2n) is 4.57. The maximum Gasteiger partial charge on any atom is 0.269 e. The second kappa shape index (κ2) is 6.43. The number of hydrogen-bond donors (Lipinski definition) is 0. The van der Waals surface area contributed by atoms with Gasteiger partial charge in [-0.25, -0.2) is 0 Å². The van der Waals surface area contributed by atoms with Crippen molar-refractivity contribution in [3.8, 4) is 0 Å². The molecule has 0 unspecified atom stereocenters. The Hall–Kier alpha value is -1.75. The van der Waals surface area contributed by atoms with Gasteiger partial charge < -0.3 is 4.90 Å². The monoisotopic (exact) mass is 276 g/mol. The number of nitro benzene ring substituents is 1. The average molecular weight is 276 g/mol. The topological polar surface area (TPSA) is 46.4 Å². The molecule has 0 amide bonds. The quantitative estimate of drug-likeness (QED) is 0.367. The Balaban J connectivity index is 1.97. The fraction of sp³-hybridized carbons (Fsp3) is 0.357. The van der Waals surface area contributed by atoms with E-state index in [9.17, 15) is 10.1 Å². The average Bonchev–Trinajstić information content (AvgIpc) is 2.46. The first kappa shape index (κ1) is 13.7. The van der Waals surface area contributed by atoms with Crippen molar-refractivity contribution < 1.29 is 4.92 Å². The number of hydrogen-bond acceptors (Lipinski definition) is 3. The van der Waals surface area contributed by atoms with E-state index in [0.717, 1.165) is 23.6 Å². The van der Waals surface area contributed by atoms with Crippen molar-refractivity contribution in [2.75, 3.05) is 13.1 Å². The van der Waals surface area contributed by atoms with Crippen LogP contribution in [0.25, 0.3) is 6.08 Å². The zero-order valence-electron chi connectivity index (χ0n) is 10.6. The molecule has 4 nitrogen and oxygen atoms in total. The summed E-state index contributed by atoms with van der Waals surface area (Å²) >= 11 is 5.37. The van der Waals surface area contributed by atoms with Gasteiger partial charge in [0.05, 0.1) is 4.92 Å². The highest BCUT2D eigenvalue weighted by Crippen LogP contribution is 2.14. The highest BCUT2D eigenvalue weighted by molar-refractivity contribution is 7.80. The van der Waals surface area contributed by atoms with E-state index in [1.54, 1.807) is 12.1 Å². The summed E-state index contributed by atoms with van der Waals surface area (Å²) in [7, 11) is 0. The van der Waals surface area contributed by atoms with E-state index in [1.165, 1.54) is 31.4 Å². The minimum atomic E-state index is -0.397. The van der Waals surface area contributed by atoms with E-state index in [2.05, 4.69) is 4.90 Å². The van der Waals surface area contributed by atoms with Gasteiger partial charge in [-0.05, 0) is 43.0 Å². The molecule has 1 aliphatic rings. The molecule has 1 heterocycles. The van der Waals surface area contributed by atoms with Crippen LogP contribution in [0, 0.1) is 10.1 Å². The molecule has 0 radical (unpaired) electrons. The lowest BCUT2D eigenvalue weighted by Gasteiger charge is -2.27. The molecule has 5 heteroatoms. The van der Waals surface area contributed by atoms with Crippen molar-refractivity contribution in [2.24, 2.45) is 0 Å². The largest absolute Gasteiger partial charge is 0.363 e. The lowest BCUT2D eigenvalue weighted by molar-refractivity contribution is -0.384. The maximum atomic E-state index is 10.5. The number of nitro groups is 1. The van der Waals surface area contributed by atoms with Gasteiger partial charge in [0.25, 0.3) is 5.69 Å². The molecule has 0 spiro atoms. The molecule has 1 fully saturated rings. The van der Waals surface area contributed by atoms with Gasteiger partial charge in [-0.3, -0.25) is 10.1 Å². The van der Waals surface area contributed by atoms with Gasteiger partial charge in [-0.2, -0.15) is 0 Å². The predicted molar refractivity (Wildman–Crippen MR) is 80.2 cm³/mol. The van der Waals surface area contributed by atoms with E-state index >= 15 is 0 Å². The van der Waals surface area contributed by atoms with Crippen LogP contribution in [0.5, 0.6) is 0 Å². The lowest BCUT2D eigenvalue weighted by atomic mass is 10.1. The lowest BCUT2D eigenvalue weighted by Crippen LogP contribution is -2.33. The third-order valence-corrected chi connectivity index (χ3v) is 3.58.